The molecule has 0 unspecified atom stereocenters. The van der Waals surface area contributed by atoms with E-state index >= 15 is 0 Å². The molecule has 0 aliphatic heterocycles. The Morgan fingerprint density at radius 2 is 0.735 bits per heavy atom. The summed E-state index contributed by atoms with van der Waals surface area (Å²) < 4.78 is 6.40. The van der Waals surface area contributed by atoms with Gasteiger partial charge < -0.3 is 4.42 Å². The highest BCUT2D eigenvalue weighted by Crippen LogP contribution is 2.36. The molecule has 0 amide bonds. The summed E-state index contributed by atoms with van der Waals surface area (Å²) in [5.41, 5.74) is 13.6. The molecule has 2 heterocycles. The SMILES string of the molecule is c1ccc(-c2ccc(-c3ccc(-c4ccc5c(c4)oc4ccc(-c6cc(-c7ccccc7)nc(-c7ccccc7)n6)cc45)cc3)cc2)cc1. The molecule has 7 aromatic carbocycles. The van der Waals surface area contributed by atoms with Gasteiger partial charge in [0.25, 0.3) is 0 Å². The van der Waals surface area contributed by atoms with E-state index in [1.165, 1.54) is 22.3 Å². The molecule has 0 spiro atoms. The van der Waals surface area contributed by atoms with Gasteiger partial charge in [-0.15, -0.1) is 0 Å². The van der Waals surface area contributed by atoms with Crippen LogP contribution in [0.2, 0.25) is 0 Å². The minimum absolute atomic E-state index is 0.703. The Bertz CT molecular complexity index is 2500. The third-order valence-corrected chi connectivity index (χ3v) is 9.14. The van der Waals surface area contributed by atoms with E-state index in [0.717, 1.165) is 61.1 Å². The molecule has 0 atom stereocenters. The first-order valence-corrected chi connectivity index (χ1v) is 16.5. The Morgan fingerprint density at radius 3 is 1.33 bits per heavy atom. The zero-order chi connectivity index (χ0) is 32.6. The molecule has 0 aliphatic carbocycles. The van der Waals surface area contributed by atoms with Gasteiger partial charge in [-0.1, -0.05) is 146 Å². The summed E-state index contributed by atoms with van der Waals surface area (Å²) >= 11 is 0. The quantitative estimate of drug-likeness (QED) is 0.184. The summed E-state index contributed by atoms with van der Waals surface area (Å²) in [4.78, 5) is 9.98. The van der Waals surface area contributed by atoms with Crippen LogP contribution in [0.5, 0.6) is 0 Å². The van der Waals surface area contributed by atoms with Crippen molar-refractivity contribution in [1.29, 1.82) is 0 Å². The number of hydrogen-bond acceptors (Lipinski definition) is 3. The van der Waals surface area contributed by atoms with Gasteiger partial charge in [0.15, 0.2) is 5.82 Å². The third kappa shape index (κ3) is 5.58. The summed E-state index contributed by atoms with van der Waals surface area (Å²) in [6.45, 7) is 0. The van der Waals surface area contributed by atoms with E-state index < -0.39 is 0 Å². The van der Waals surface area contributed by atoms with E-state index in [1.54, 1.807) is 0 Å². The normalized spacial score (nSPS) is 11.3. The maximum atomic E-state index is 6.40. The summed E-state index contributed by atoms with van der Waals surface area (Å²) in [5.74, 6) is 0.703. The van der Waals surface area contributed by atoms with Gasteiger partial charge in [-0.3, -0.25) is 0 Å². The van der Waals surface area contributed by atoms with Crippen LogP contribution in [-0.4, -0.2) is 9.97 Å². The number of aromatic nitrogens is 2. The summed E-state index contributed by atoms with van der Waals surface area (Å²) in [6, 6.07) is 63.3. The molecule has 2 aromatic heterocycles. The van der Waals surface area contributed by atoms with Crippen LogP contribution in [0.15, 0.2) is 186 Å². The zero-order valence-electron chi connectivity index (χ0n) is 26.6. The predicted octanol–water partition coefficient (Wildman–Crippen LogP) is 12.4. The van der Waals surface area contributed by atoms with Crippen molar-refractivity contribution in [3.05, 3.63) is 182 Å². The Hall–Kier alpha value is -6.58. The van der Waals surface area contributed by atoms with Crippen LogP contribution < -0.4 is 0 Å². The lowest BCUT2D eigenvalue weighted by Crippen LogP contribution is -1.95. The van der Waals surface area contributed by atoms with Gasteiger partial charge in [0.05, 0.1) is 11.4 Å². The molecule has 230 valence electrons. The number of benzene rings is 7. The number of rotatable bonds is 6. The van der Waals surface area contributed by atoms with Crippen LogP contribution >= 0.6 is 0 Å². The van der Waals surface area contributed by atoms with Gasteiger partial charge in [-0.25, -0.2) is 9.97 Å². The third-order valence-electron chi connectivity index (χ3n) is 9.14. The molecule has 9 aromatic rings. The van der Waals surface area contributed by atoms with Crippen LogP contribution in [-0.2, 0) is 0 Å². The smallest absolute Gasteiger partial charge is 0.160 e. The first-order valence-electron chi connectivity index (χ1n) is 16.5. The second-order valence-electron chi connectivity index (χ2n) is 12.2. The molecular formula is C46H30N2O. The first kappa shape index (κ1) is 28.6. The van der Waals surface area contributed by atoms with Crippen molar-refractivity contribution in [2.24, 2.45) is 0 Å². The fourth-order valence-corrected chi connectivity index (χ4v) is 6.53. The van der Waals surface area contributed by atoms with Crippen molar-refractivity contribution in [3.63, 3.8) is 0 Å². The Kier molecular flexibility index (Phi) is 7.14. The molecule has 0 fully saturated rings. The molecule has 0 aliphatic rings. The highest BCUT2D eigenvalue weighted by atomic mass is 16.3. The van der Waals surface area contributed by atoms with E-state index in [0.29, 0.717) is 5.82 Å². The molecule has 0 saturated heterocycles. The van der Waals surface area contributed by atoms with Crippen LogP contribution in [0.25, 0.3) is 89.2 Å². The monoisotopic (exact) mass is 626 g/mol. The molecule has 9 rings (SSSR count). The number of hydrogen-bond donors (Lipinski definition) is 0. The molecule has 0 N–H and O–H groups in total. The lowest BCUT2D eigenvalue weighted by molar-refractivity contribution is 0.669. The molecule has 3 heteroatoms. The molecule has 49 heavy (non-hydrogen) atoms. The van der Waals surface area contributed by atoms with Crippen molar-refractivity contribution >= 4 is 21.9 Å². The summed E-state index contributed by atoms with van der Waals surface area (Å²) in [5, 5.41) is 2.14. The fourth-order valence-electron chi connectivity index (χ4n) is 6.53. The topological polar surface area (TPSA) is 38.9 Å². The zero-order valence-corrected chi connectivity index (χ0v) is 26.6. The highest BCUT2D eigenvalue weighted by molar-refractivity contribution is 6.07. The van der Waals surface area contributed by atoms with Gasteiger partial charge >= 0.3 is 0 Å². The lowest BCUT2D eigenvalue weighted by atomic mass is 9.97. The first-order chi connectivity index (χ1) is 24.2. The van der Waals surface area contributed by atoms with Crippen molar-refractivity contribution < 1.29 is 4.42 Å². The Morgan fingerprint density at radius 1 is 0.286 bits per heavy atom. The fraction of sp³-hybridized carbons (Fsp3) is 0. The maximum absolute atomic E-state index is 6.40. The highest BCUT2D eigenvalue weighted by Gasteiger charge is 2.14. The average molecular weight is 627 g/mol. The number of furan rings is 1. The summed E-state index contributed by atoms with van der Waals surface area (Å²) in [6.07, 6.45) is 0. The van der Waals surface area contributed by atoms with E-state index in [1.807, 2.05) is 42.5 Å². The van der Waals surface area contributed by atoms with Crippen LogP contribution in [0.1, 0.15) is 0 Å². The second kappa shape index (κ2) is 12.2. The molecule has 0 bridgehead atoms. The van der Waals surface area contributed by atoms with E-state index in [4.69, 9.17) is 14.4 Å². The minimum atomic E-state index is 0.703. The molecular weight excluding hydrogens is 597 g/mol. The standard InChI is InChI=1S/C46H30N2O/c1-4-10-31(11-5-1)32-16-18-33(19-17-32)34-20-22-35(23-21-34)38-24-26-40-41-28-39(25-27-44(41)49-45(40)29-38)43-30-42(36-12-6-2-7-13-36)47-46(48-43)37-14-8-3-9-15-37/h1-30H. The van der Waals surface area contributed by atoms with E-state index in [-0.39, 0.29) is 0 Å². The van der Waals surface area contributed by atoms with Gasteiger partial charge in [0.2, 0.25) is 0 Å². The second-order valence-corrected chi connectivity index (χ2v) is 12.2. The number of nitrogens with zero attached hydrogens (tertiary/aromatic N) is 2. The lowest BCUT2D eigenvalue weighted by Gasteiger charge is -2.09. The van der Waals surface area contributed by atoms with Crippen molar-refractivity contribution in [3.8, 4) is 67.3 Å². The summed E-state index contributed by atoms with van der Waals surface area (Å²) in [7, 11) is 0. The van der Waals surface area contributed by atoms with Crippen LogP contribution in [0.4, 0.5) is 0 Å². The Labute approximate surface area is 284 Å². The molecule has 0 radical (unpaired) electrons. The van der Waals surface area contributed by atoms with E-state index in [9.17, 15) is 0 Å². The predicted molar refractivity (Wildman–Crippen MR) is 202 cm³/mol. The number of fused-ring (bicyclic) bond motifs is 3. The van der Waals surface area contributed by atoms with Crippen molar-refractivity contribution in [2.45, 2.75) is 0 Å². The molecule has 0 saturated carbocycles. The molecule has 3 nitrogen and oxygen atoms in total. The van der Waals surface area contributed by atoms with Crippen LogP contribution in [0.3, 0.4) is 0 Å². The van der Waals surface area contributed by atoms with Crippen LogP contribution in [0, 0.1) is 0 Å². The van der Waals surface area contributed by atoms with Gasteiger partial charge in [0.1, 0.15) is 11.2 Å². The van der Waals surface area contributed by atoms with Gasteiger partial charge in [-0.2, -0.15) is 0 Å². The van der Waals surface area contributed by atoms with E-state index in [2.05, 4.69) is 140 Å². The van der Waals surface area contributed by atoms with Crippen molar-refractivity contribution in [1.82, 2.24) is 9.97 Å². The average Bonchev–Trinajstić information content (AvgIpc) is 3.56. The minimum Gasteiger partial charge on any atom is -0.456 e. The van der Waals surface area contributed by atoms with Crippen molar-refractivity contribution in [2.75, 3.05) is 0 Å². The Balaban J connectivity index is 1.04. The van der Waals surface area contributed by atoms with Gasteiger partial charge in [-0.05, 0) is 69.8 Å². The maximum Gasteiger partial charge on any atom is 0.160 e. The largest absolute Gasteiger partial charge is 0.456 e. The van der Waals surface area contributed by atoms with Gasteiger partial charge in [0, 0.05) is 27.5 Å².